The number of nitrogens with zero attached hydrogens (tertiary/aromatic N) is 4. The zero-order valence-corrected chi connectivity index (χ0v) is 16.5. The van der Waals surface area contributed by atoms with E-state index in [1.807, 2.05) is 13.0 Å². The summed E-state index contributed by atoms with van der Waals surface area (Å²) in [6, 6.07) is 6.51. The molecule has 2 heterocycles. The number of aromatic nitrogens is 1. The van der Waals surface area contributed by atoms with Gasteiger partial charge in [-0.15, -0.1) is 0 Å². The first-order valence-corrected chi connectivity index (χ1v) is 9.43. The second-order valence-electron chi connectivity index (χ2n) is 6.92. The molecule has 0 aromatic carbocycles. The third-order valence-electron chi connectivity index (χ3n) is 4.45. The average Bonchev–Trinajstić information content (AvgIpc) is 2.64. The zero-order valence-electron chi connectivity index (χ0n) is 16.5. The Morgan fingerprint density at radius 1 is 1.35 bits per heavy atom. The number of carbonyl (C=O) groups is 1. The quantitative estimate of drug-likeness (QED) is 0.592. The lowest BCUT2D eigenvalue weighted by molar-refractivity contribution is -0.127. The molecule has 1 aromatic heterocycles. The maximum absolute atomic E-state index is 11.8. The topological polar surface area (TPSA) is 72.9 Å². The molecule has 1 aromatic rings. The molecule has 7 heteroatoms. The summed E-state index contributed by atoms with van der Waals surface area (Å²) in [7, 11) is 3.50. The van der Waals surface area contributed by atoms with Crippen LogP contribution >= 0.6 is 0 Å². The number of piperidine rings is 1. The van der Waals surface area contributed by atoms with Crippen molar-refractivity contribution in [2.45, 2.75) is 39.2 Å². The van der Waals surface area contributed by atoms with E-state index >= 15 is 0 Å². The van der Waals surface area contributed by atoms with Crippen LogP contribution in [0.15, 0.2) is 23.2 Å². The SMILES string of the molecule is CCCNC(=NCC(=O)N(C)C)NC1CCN(c2cccc(C)n2)CC1. The minimum Gasteiger partial charge on any atom is -0.356 e. The van der Waals surface area contributed by atoms with E-state index in [4.69, 9.17) is 0 Å². The molecule has 0 bridgehead atoms. The largest absolute Gasteiger partial charge is 0.356 e. The molecule has 0 spiro atoms. The lowest BCUT2D eigenvalue weighted by atomic mass is 10.1. The van der Waals surface area contributed by atoms with Crippen molar-refractivity contribution < 1.29 is 4.79 Å². The third kappa shape index (κ3) is 6.20. The van der Waals surface area contributed by atoms with Gasteiger partial charge in [-0.3, -0.25) is 4.79 Å². The summed E-state index contributed by atoms with van der Waals surface area (Å²) in [5.41, 5.74) is 1.05. The zero-order chi connectivity index (χ0) is 18.9. The summed E-state index contributed by atoms with van der Waals surface area (Å²) in [4.78, 5) is 24.7. The predicted octanol–water partition coefficient (Wildman–Crippen LogP) is 1.39. The molecule has 0 aliphatic carbocycles. The highest BCUT2D eigenvalue weighted by Crippen LogP contribution is 2.18. The summed E-state index contributed by atoms with van der Waals surface area (Å²) in [6.07, 6.45) is 3.05. The monoisotopic (exact) mass is 360 g/mol. The molecule has 0 saturated carbocycles. The van der Waals surface area contributed by atoms with Gasteiger partial charge in [0.05, 0.1) is 0 Å². The van der Waals surface area contributed by atoms with Crippen molar-refractivity contribution in [3.8, 4) is 0 Å². The Bertz CT molecular complexity index is 608. The van der Waals surface area contributed by atoms with Crippen molar-refractivity contribution in [3.05, 3.63) is 23.9 Å². The van der Waals surface area contributed by atoms with Crippen LogP contribution in [0.5, 0.6) is 0 Å². The predicted molar refractivity (Wildman–Crippen MR) is 107 cm³/mol. The van der Waals surface area contributed by atoms with Crippen molar-refractivity contribution >= 4 is 17.7 Å². The number of carbonyl (C=O) groups excluding carboxylic acids is 1. The minimum absolute atomic E-state index is 0.00272. The number of amides is 1. The van der Waals surface area contributed by atoms with Crippen molar-refractivity contribution in [1.82, 2.24) is 20.5 Å². The lowest BCUT2D eigenvalue weighted by Crippen LogP contribution is -2.49. The fourth-order valence-corrected chi connectivity index (χ4v) is 2.84. The third-order valence-corrected chi connectivity index (χ3v) is 4.45. The molecule has 2 N–H and O–H groups in total. The molecular weight excluding hydrogens is 328 g/mol. The van der Waals surface area contributed by atoms with Crippen LogP contribution in [0.25, 0.3) is 0 Å². The van der Waals surface area contributed by atoms with Crippen molar-refractivity contribution in [2.24, 2.45) is 4.99 Å². The molecule has 1 aliphatic heterocycles. The molecule has 2 rings (SSSR count). The number of nitrogens with one attached hydrogen (secondary N) is 2. The molecule has 1 saturated heterocycles. The van der Waals surface area contributed by atoms with E-state index in [2.05, 4.69) is 44.6 Å². The van der Waals surface area contributed by atoms with Gasteiger partial charge in [-0.2, -0.15) is 0 Å². The Labute approximate surface area is 156 Å². The number of hydrogen-bond acceptors (Lipinski definition) is 4. The number of aliphatic imine (C=N–C) groups is 1. The van der Waals surface area contributed by atoms with Crippen LogP contribution in [-0.2, 0) is 4.79 Å². The highest BCUT2D eigenvalue weighted by molar-refractivity contribution is 5.84. The van der Waals surface area contributed by atoms with Gasteiger partial charge in [0, 0.05) is 45.5 Å². The second kappa shape index (κ2) is 9.99. The molecule has 0 atom stereocenters. The molecule has 7 nitrogen and oxygen atoms in total. The van der Waals surface area contributed by atoms with Gasteiger partial charge in [0.15, 0.2) is 5.96 Å². The van der Waals surface area contributed by atoms with Gasteiger partial charge in [0.25, 0.3) is 0 Å². The smallest absolute Gasteiger partial charge is 0.243 e. The number of likely N-dealkylation sites (N-methyl/N-ethyl adjacent to an activating group) is 1. The molecule has 1 aliphatic rings. The number of pyridine rings is 1. The maximum Gasteiger partial charge on any atom is 0.243 e. The molecule has 0 unspecified atom stereocenters. The first-order chi connectivity index (χ1) is 12.5. The Morgan fingerprint density at radius 2 is 2.08 bits per heavy atom. The number of rotatable bonds is 6. The van der Waals surface area contributed by atoms with E-state index in [1.165, 1.54) is 0 Å². The van der Waals surface area contributed by atoms with Crippen molar-refractivity contribution in [1.29, 1.82) is 0 Å². The van der Waals surface area contributed by atoms with Crippen LogP contribution in [0.4, 0.5) is 5.82 Å². The van der Waals surface area contributed by atoms with Crippen LogP contribution in [0.3, 0.4) is 0 Å². The Kier molecular flexibility index (Phi) is 7.69. The van der Waals surface area contributed by atoms with Crippen LogP contribution in [0, 0.1) is 6.92 Å². The Morgan fingerprint density at radius 3 is 2.69 bits per heavy atom. The van der Waals surface area contributed by atoms with Crippen LogP contribution in [-0.4, -0.2) is 68.1 Å². The summed E-state index contributed by atoms with van der Waals surface area (Å²) in [6.45, 7) is 7.07. The molecule has 144 valence electrons. The van der Waals surface area contributed by atoms with Gasteiger partial charge in [-0.1, -0.05) is 13.0 Å². The Hall–Kier alpha value is -2.31. The van der Waals surface area contributed by atoms with Gasteiger partial charge in [-0.05, 0) is 38.3 Å². The van der Waals surface area contributed by atoms with Crippen molar-refractivity contribution in [3.63, 3.8) is 0 Å². The van der Waals surface area contributed by atoms with Gasteiger partial charge >= 0.3 is 0 Å². The molecule has 1 amide bonds. The summed E-state index contributed by atoms with van der Waals surface area (Å²) >= 11 is 0. The molecule has 1 fully saturated rings. The fourth-order valence-electron chi connectivity index (χ4n) is 2.84. The van der Waals surface area contributed by atoms with E-state index in [-0.39, 0.29) is 12.5 Å². The number of guanidine groups is 1. The average molecular weight is 361 g/mol. The van der Waals surface area contributed by atoms with Gasteiger partial charge < -0.3 is 20.4 Å². The van der Waals surface area contributed by atoms with Crippen LogP contribution in [0.2, 0.25) is 0 Å². The van der Waals surface area contributed by atoms with Crippen molar-refractivity contribution in [2.75, 3.05) is 45.2 Å². The van der Waals surface area contributed by atoms with Crippen LogP contribution in [0.1, 0.15) is 31.9 Å². The highest BCUT2D eigenvalue weighted by atomic mass is 16.2. The van der Waals surface area contributed by atoms with E-state index in [9.17, 15) is 4.79 Å². The van der Waals surface area contributed by atoms with Gasteiger partial charge in [0.1, 0.15) is 12.4 Å². The van der Waals surface area contributed by atoms with Crippen LogP contribution < -0.4 is 15.5 Å². The summed E-state index contributed by atoms with van der Waals surface area (Å²) in [5, 5.41) is 6.79. The number of anilines is 1. The maximum atomic E-state index is 11.8. The first kappa shape index (κ1) is 20.0. The van der Waals surface area contributed by atoms with E-state index in [0.717, 1.165) is 56.4 Å². The molecule has 26 heavy (non-hydrogen) atoms. The minimum atomic E-state index is 0.00272. The van der Waals surface area contributed by atoms with E-state index < -0.39 is 0 Å². The lowest BCUT2D eigenvalue weighted by Gasteiger charge is -2.34. The molecule has 0 radical (unpaired) electrons. The number of hydrogen-bond donors (Lipinski definition) is 2. The first-order valence-electron chi connectivity index (χ1n) is 9.43. The second-order valence-corrected chi connectivity index (χ2v) is 6.92. The number of aryl methyl sites for hydroxylation is 1. The summed E-state index contributed by atoms with van der Waals surface area (Å²) < 4.78 is 0. The fraction of sp³-hybridized carbons (Fsp3) is 0.632. The van der Waals surface area contributed by atoms with E-state index in [1.54, 1.807) is 19.0 Å². The van der Waals surface area contributed by atoms with E-state index in [0.29, 0.717) is 6.04 Å². The highest BCUT2D eigenvalue weighted by Gasteiger charge is 2.21. The summed E-state index contributed by atoms with van der Waals surface area (Å²) in [5.74, 6) is 1.79. The van der Waals surface area contributed by atoms with Gasteiger partial charge in [-0.25, -0.2) is 9.98 Å². The standard InChI is InChI=1S/C19H32N6O/c1-5-11-20-19(21-14-18(26)24(3)4)23-16-9-12-25(13-10-16)17-8-6-7-15(2)22-17/h6-8,16H,5,9-14H2,1-4H3,(H2,20,21,23). The Balaban J connectivity index is 1.89. The molecular formula is C19H32N6O. The normalized spacial score (nSPS) is 15.7. The van der Waals surface area contributed by atoms with Gasteiger partial charge in [0.2, 0.25) is 5.91 Å².